The molecular weight excluding hydrogens is 418 g/mol. The first-order chi connectivity index (χ1) is 14.6. The summed E-state index contributed by atoms with van der Waals surface area (Å²) in [4.78, 5) is 38.8. The molecule has 8 nitrogen and oxygen atoms in total. The highest BCUT2D eigenvalue weighted by molar-refractivity contribution is 7.89. The van der Waals surface area contributed by atoms with Gasteiger partial charge in [-0.25, -0.2) is 13.6 Å². The zero-order valence-corrected chi connectivity index (χ0v) is 18.2. The van der Waals surface area contributed by atoms with Crippen LogP contribution in [-0.2, 0) is 16.4 Å². The van der Waals surface area contributed by atoms with E-state index in [9.17, 15) is 22.8 Å². The van der Waals surface area contributed by atoms with Crippen LogP contribution in [0.3, 0.4) is 0 Å². The molecule has 0 atom stereocenters. The molecule has 1 aliphatic rings. The Bertz CT molecular complexity index is 1120. The summed E-state index contributed by atoms with van der Waals surface area (Å²) in [5.41, 5.74) is 1.71. The van der Waals surface area contributed by atoms with Gasteiger partial charge in [0.1, 0.15) is 0 Å². The second-order valence-electron chi connectivity index (χ2n) is 7.90. The number of primary sulfonamides is 1. The fourth-order valence-electron chi connectivity index (χ4n) is 3.29. The molecule has 0 fully saturated rings. The maximum absolute atomic E-state index is 12.6. The molecule has 3 N–H and O–H groups in total. The van der Waals surface area contributed by atoms with Gasteiger partial charge in [-0.1, -0.05) is 26.0 Å². The van der Waals surface area contributed by atoms with Crippen molar-refractivity contribution >= 4 is 27.7 Å². The SMILES string of the molecule is CC(C)CCN1C(=O)c2ccc(C(=O)NCCc3ccc(S(N)(=O)=O)cc3)cc2C1=O. The number of hydrogen-bond acceptors (Lipinski definition) is 5. The topological polar surface area (TPSA) is 127 Å². The molecule has 31 heavy (non-hydrogen) atoms. The van der Waals surface area contributed by atoms with Crippen molar-refractivity contribution in [1.82, 2.24) is 10.2 Å². The Morgan fingerprint density at radius 3 is 2.29 bits per heavy atom. The molecule has 3 amide bonds. The van der Waals surface area contributed by atoms with Gasteiger partial charge in [-0.05, 0) is 54.7 Å². The lowest BCUT2D eigenvalue weighted by molar-refractivity contribution is 0.0647. The van der Waals surface area contributed by atoms with Crippen molar-refractivity contribution in [3.05, 3.63) is 64.7 Å². The smallest absolute Gasteiger partial charge is 0.261 e. The third-order valence-corrected chi connectivity index (χ3v) is 6.04. The van der Waals surface area contributed by atoms with Crippen LogP contribution in [0.15, 0.2) is 47.4 Å². The van der Waals surface area contributed by atoms with Gasteiger partial charge in [-0.3, -0.25) is 19.3 Å². The Hall–Kier alpha value is -3.04. The molecular formula is C22H25N3O5S. The summed E-state index contributed by atoms with van der Waals surface area (Å²) in [5.74, 6) is -0.688. The predicted molar refractivity (Wildman–Crippen MR) is 115 cm³/mol. The van der Waals surface area contributed by atoms with Gasteiger partial charge < -0.3 is 5.32 Å². The minimum Gasteiger partial charge on any atom is -0.352 e. The Balaban J connectivity index is 1.61. The van der Waals surface area contributed by atoms with Crippen LogP contribution < -0.4 is 10.5 Å². The van der Waals surface area contributed by atoms with Gasteiger partial charge in [0.05, 0.1) is 16.0 Å². The molecule has 164 valence electrons. The number of imide groups is 1. The van der Waals surface area contributed by atoms with Crippen LogP contribution in [0.25, 0.3) is 0 Å². The summed E-state index contributed by atoms with van der Waals surface area (Å²) in [6, 6.07) is 10.6. The van der Waals surface area contributed by atoms with Gasteiger partial charge in [-0.15, -0.1) is 0 Å². The number of nitrogens with zero attached hydrogens (tertiary/aromatic N) is 1. The second-order valence-corrected chi connectivity index (χ2v) is 9.46. The van der Waals surface area contributed by atoms with E-state index >= 15 is 0 Å². The molecule has 0 spiro atoms. The minimum absolute atomic E-state index is 0.0279. The van der Waals surface area contributed by atoms with Crippen LogP contribution in [0, 0.1) is 5.92 Å². The number of nitrogens with one attached hydrogen (secondary N) is 1. The number of fused-ring (bicyclic) bond motifs is 1. The van der Waals surface area contributed by atoms with E-state index in [1.165, 1.54) is 35.2 Å². The monoisotopic (exact) mass is 443 g/mol. The van der Waals surface area contributed by atoms with Crippen molar-refractivity contribution in [3.8, 4) is 0 Å². The summed E-state index contributed by atoms with van der Waals surface area (Å²) in [6.45, 7) is 4.72. The summed E-state index contributed by atoms with van der Waals surface area (Å²) in [5, 5.41) is 7.84. The molecule has 3 rings (SSSR count). The molecule has 9 heteroatoms. The fraction of sp³-hybridized carbons (Fsp3) is 0.318. The van der Waals surface area contributed by atoms with Crippen LogP contribution >= 0.6 is 0 Å². The maximum atomic E-state index is 12.6. The summed E-state index contributed by atoms with van der Waals surface area (Å²) < 4.78 is 22.6. The van der Waals surface area contributed by atoms with E-state index in [4.69, 9.17) is 5.14 Å². The van der Waals surface area contributed by atoms with Crippen molar-refractivity contribution in [3.63, 3.8) is 0 Å². The molecule has 0 saturated heterocycles. The predicted octanol–water partition coefficient (Wildman–Crippen LogP) is 1.95. The summed E-state index contributed by atoms with van der Waals surface area (Å²) >= 11 is 0. The molecule has 2 aromatic rings. The fourth-order valence-corrected chi connectivity index (χ4v) is 3.81. The average molecular weight is 444 g/mol. The average Bonchev–Trinajstić information content (AvgIpc) is 2.95. The Morgan fingerprint density at radius 1 is 1.03 bits per heavy atom. The van der Waals surface area contributed by atoms with Crippen LogP contribution in [0.2, 0.25) is 0 Å². The molecule has 1 heterocycles. The largest absolute Gasteiger partial charge is 0.352 e. The van der Waals surface area contributed by atoms with Gasteiger partial charge in [0, 0.05) is 18.7 Å². The lowest BCUT2D eigenvalue weighted by atomic mass is 10.1. The lowest BCUT2D eigenvalue weighted by Gasteiger charge is -2.14. The highest BCUT2D eigenvalue weighted by Gasteiger charge is 2.35. The van der Waals surface area contributed by atoms with Crippen LogP contribution in [-0.4, -0.2) is 44.1 Å². The van der Waals surface area contributed by atoms with Gasteiger partial charge in [0.25, 0.3) is 17.7 Å². The molecule has 0 radical (unpaired) electrons. The minimum atomic E-state index is -3.74. The van der Waals surface area contributed by atoms with E-state index in [2.05, 4.69) is 5.32 Å². The first kappa shape index (κ1) is 22.6. The van der Waals surface area contributed by atoms with Crippen LogP contribution in [0.1, 0.15) is 56.9 Å². The van der Waals surface area contributed by atoms with E-state index in [1.54, 1.807) is 12.1 Å². The Morgan fingerprint density at radius 2 is 1.68 bits per heavy atom. The highest BCUT2D eigenvalue weighted by atomic mass is 32.2. The number of rotatable bonds is 8. The normalized spacial score (nSPS) is 13.6. The van der Waals surface area contributed by atoms with Gasteiger partial charge in [0.2, 0.25) is 10.0 Å². The van der Waals surface area contributed by atoms with Crippen LogP contribution in [0.5, 0.6) is 0 Å². The van der Waals surface area contributed by atoms with Gasteiger partial charge in [-0.2, -0.15) is 0 Å². The first-order valence-corrected chi connectivity index (χ1v) is 11.5. The Labute approximate surface area is 181 Å². The molecule has 0 saturated carbocycles. The third kappa shape index (κ3) is 5.18. The molecule has 1 aliphatic heterocycles. The maximum Gasteiger partial charge on any atom is 0.261 e. The zero-order chi connectivity index (χ0) is 22.8. The third-order valence-electron chi connectivity index (χ3n) is 5.11. The van der Waals surface area contributed by atoms with E-state index in [0.717, 1.165) is 12.0 Å². The number of hydrogen-bond donors (Lipinski definition) is 2. The van der Waals surface area contributed by atoms with E-state index in [-0.39, 0.29) is 28.2 Å². The van der Waals surface area contributed by atoms with Gasteiger partial charge >= 0.3 is 0 Å². The first-order valence-electron chi connectivity index (χ1n) is 9.98. The van der Waals surface area contributed by atoms with Gasteiger partial charge in [0.15, 0.2) is 0 Å². The van der Waals surface area contributed by atoms with Crippen molar-refractivity contribution in [2.24, 2.45) is 11.1 Å². The zero-order valence-electron chi connectivity index (χ0n) is 17.4. The lowest BCUT2D eigenvalue weighted by Crippen LogP contribution is -2.31. The van der Waals surface area contributed by atoms with Crippen molar-refractivity contribution in [2.75, 3.05) is 13.1 Å². The van der Waals surface area contributed by atoms with Crippen molar-refractivity contribution in [1.29, 1.82) is 0 Å². The van der Waals surface area contributed by atoms with E-state index in [1.807, 2.05) is 13.8 Å². The number of sulfonamides is 1. The molecule has 0 bridgehead atoms. The van der Waals surface area contributed by atoms with Crippen LogP contribution in [0.4, 0.5) is 0 Å². The molecule has 2 aromatic carbocycles. The molecule has 0 aromatic heterocycles. The highest BCUT2D eigenvalue weighted by Crippen LogP contribution is 2.25. The number of carbonyl (C=O) groups is 3. The Kier molecular flexibility index (Phi) is 6.56. The van der Waals surface area contributed by atoms with Crippen molar-refractivity contribution in [2.45, 2.75) is 31.6 Å². The van der Waals surface area contributed by atoms with Crippen molar-refractivity contribution < 1.29 is 22.8 Å². The standard InChI is InChI=1S/C22H25N3O5S/c1-14(2)10-12-25-21(27)18-8-5-16(13-19(18)22(25)28)20(26)24-11-9-15-3-6-17(7-4-15)31(23,29)30/h3-8,13-14H,9-12H2,1-2H3,(H,24,26)(H2,23,29,30). The summed E-state index contributed by atoms with van der Waals surface area (Å²) in [7, 11) is -3.74. The molecule has 0 unspecified atom stereocenters. The number of nitrogens with two attached hydrogens (primary N) is 1. The number of benzene rings is 2. The number of carbonyl (C=O) groups excluding carboxylic acids is 3. The molecule has 0 aliphatic carbocycles. The number of amides is 3. The van der Waals surface area contributed by atoms with E-state index < -0.39 is 10.0 Å². The quantitative estimate of drug-likeness (QED) is 0.603. The van der Waals surface area contributed by atoms with E-state index in [0.29, 0.717) is 36.6 Å². The summed E-state index contributed by atoms with van der Waals surface area (Å²) in [6.07, 6.45) is 1.21. The second kappa shape index (κ2) is 8.99.